The summed E-state index contributed by atoms with van der Waals surface area (Å²) in [5.74, 6) is -1.34. The van der Waals surface area contributed by atoms with Crippen LogP contribution < -0.4 is 10.6 Å². The van der Waals surface area contributed by atoms with Gasteiger partial charge in [-0.25, -0.2) is 13.6 Å². The molecular formula is C18H15F2N3O. The molecule has 0 aliphatic carbocycles. The topological polar surface area (TPSA) is 54.0 Å². The normalized spacial score (nSPS) is 10.6. The summed E-state index contributed by atoms with van der Waals surface area (Å²) >= 11 is 0. The van der Waals surface area contributed by atoms with E-state index in [9.17, 15) is 13.6 Å². The van der Waals surface area contributed by atoms with E-state index in [2.05, 4.69) is 15.6 Å². The van der Waals surface area contributed by atoms with Gasteiger partial charge in [-0.05, 0) is 25.1 Å². The number of benzene rings is 2. The molecule has 0 saturated heterocycles. The Morgan fingerprint density at radius 2 is 2.00 bits per heavy atom. The average Bonchev–Trinajstić information content (AvgIpc) is 2.54. The standard InChI is InChI=1S/C18H15F2N3O/c1-11-7-15-12(9-21-11)3-2-4-17(15)23-18(24)22-10-13-5-6-14(19)8-16(13)20/h2-9H,10H2,1H3,(H2,22,23,24). The summed E-state index contributed by atoms with van der Waals surface area (Å²) in [6, 6.07) is 10.1. The highest BCUT2D eigenvalue weighted by Crippen LogP contribution is 2.23. The lowest BCUT2D eigenvalue weighted by molar-refractivity contribution is 0.251. The Labute approximate surface area is 137 Å². The Morgan fingerprint density at radius 1 is 1.17 bits per heavy atom. The fourth-order valence-corrected chi connectivity index (χ4v) is 2.39. The maximum absolute atomic E-state index is 13.6. The number of pyridine rings is 1. The molecule has 6 heteroatoms. The van der Waals surface area contributed by atoms with Crippen molar-refractivity contribution in [3.05, 3.63) is 71.6 Å². The molecule has 0 atom stereocenters. The highest BCUT2D eigenvalue weighted by molar-refractivity contribution is 6.01. The van der Waals surface area contributed by atoms with Crippen LogP contribution in [0.5, 0.6) is 0 Å². The number of carbonyl (C=O) groups excluding carboxylic acids is 1. The lowest BCUT2D eigenvalue weighted by Gasteiger charge is -2.11. The highest BCUT2D eigenvalue weighted by Gasteiger charge is 2.08. The second-order valence-corrected chi connectivity index (χ2v) is 5.40. The minimum atomic E-state index is -0.692. The minimum absolute atomic E-state index is 0.0384. The van der Waals surface area contributed by atoms with E-state index in [1.165, 1.54) is 6.07 Å². The van der Waals surface area contributed by atoms with Crippen LogP contribution >= 0.6 is 0 Å². The quantitative estimate of drug-likeness (QED) is 0.759. The molecule has 0 fully saturated rings. The van der Waals surface area contributed by atoms with E-state index < -0.39 is 17.7 Å². The zero-order valence-corrected chi connectivity index (χ0v) is 12.9. The van der Waals surface area contributed by atoms with E-state index in [4.69, 9.17) is 0 Å². The molecular weight excluding hydrogens is 312 g/mol. The lowest BCUT2D eigenvalue weighted by Crippen LogP contribution is -2.28. The number of urea groups is 1. The van der Waals surface area contributed by atoms with Crippen molar-refractivity contribution in [2.45, 2.75) is 13.5 Å². The van der Waals surface area contributed by atoms with E-state index in [0.717, 1.165) is 28.6 Å². The summed E-state index contributed by atoms with van der Waals surface area (Å²) in [4.78, 5) is 16.3. The van der Waals surface area contributed by atoms with E-state index in [1.54, 1.807) is 12.3 Å². The molecule has 4 nitrogen and oxygen atoms in total. The van der Waals surface area contributed by atoms with Crippen molar-refractivity contribution in [1.82, 2.24) is 10.3 Å². The Hall–Kier alpha value is -3.02. The summed E-state index contributed by atoms with van der Waals surface area (Å²) in [5.41, 5.74) is 1.69. The number of carbonyl (C=O) groups is 1. The number of halogens is 2. The van der Waals surface area contributed by atoms with Crippen LogP contribution in [0.1, 0.15) is 11.3 Å². The van der Waals surface area contributed by atoms with Crippen molar-refractivity contribution in [1.29, 1.82) is 0 Å². The van der Waals surface area contributed by atoms with Crippen LogP contribution in [0.15, 0.2) is 48.7 Å². The maximum atomic E-state index is 13.6. The van der Waals surface area contributed by atoms with Crippen LogP contribution in [-0.2, 0) is 6.54 Å². The van der Waals surface area contributed by atoms with Gasteiger partial charge in [0.15, 0.2) is 0 Å². The largest absolute Gasteiger partial charge is 0.334 e. The smallest absolute Gasteiger partial charge is 0.319 e. The van der Waals surface area contributed by atoms with Gasteiger partial charge in [0.25, 0.3) is 0 Å². The number of fused-ring (bicyclic) bond motifs is 1. The number of anilines is 1. The summed E-state index contributed by atoms with van der Waals surface area (Å²) < 4.78 is 26.4. The van der Waals surface area contributed by atoms with Crippen molar-refractivity contribution >= 4 is 22.5 Å². The Kier molecular flexibility index (Phi) is 4.37. The second kappa shape index (κ2) is 6.62. The zero-order chi connectivity index (χ0) is 17.1. The molecule has 2 amide bonds. The summed E-state index contributed by atoms with van der Waals surface area (Å²) in [5, 5.41) is 7.07. The van der Waals surface area contributed by atoms with E-state index in [1.807, 2.05) is 25.1 Å². The lowest BCUT2D eigenvalue weighted by atomic mass is 10.1. The van der Waals surface area contributed by atoms with Gasteiger partial charge >= 0.3 is 6.03 Å². The van der Waals surface area contributed by atoms with Gasteiger partial charge in [0.2, 0.25) is 0 Å². The average molecular weight is 327 g/mol. The molecule has 0 radical (unpaired) electrons. The first-order chi connectivity index (χ1) is 11.5. The third-order valence-electron chi connectivity index (χ3n) is 3.60. The van der Waals surface area contributed by atoms with Gasteiger partial charge in [0.1, 0.15) is 11.6 Å². The molecule has 122 valence electrons. The molecule has 24 heavy (non-hydrogen) atoms. The summed E-state index contributed by atoms with van der Waals surface area (Å²) in [6.07, 6.45) is 1.74. The number of aryl methyl sites for hydroxylation is 1. The van der Waals surface area contributed by atoms with Gasteiger partial charge in [-0.15, -0.1) is 0 Å². The SMILES string of the molecule is Cc1cc2c(NC(=O)NCc3ccc(F)cc3F)cccc2cn1. The molecule has 3 aromatic rings. The van der Waals surface area contributed by atoms with Crippen molar-refractivity contribution in [3.8, 4) is 0 Å². The molecule has 0 saturated carbocycles. The third kappa shape index (κ3) is 3.48. The Bertz CT molecular complexity index is 912. The second-order valence-electron chi connectivity index (χ2n) is 5.40. The fraction of sp³-hybridized carbons (Fsp3) is 0.111. The summed E-state index contributed by atoms with van der Waals surface area (Å²) in [6.45, 7) is 1.83. The molecule has 0 aliphatic rings. The first kappa shape index (κ1) is 15.9. The van der Waals surface area contributed by atoms with Gasteiger partial charge in [-0.2, -0.15) is 0 Å². The van der Waals surface area contributed by atoms with Gasteiger partial charge in [0.05, 0.1) is 5.69 Å². The number of nitrogens with zero attached hydrogens (tertiary/aromatic N) is 1. The number of nitrogens with one attached hydrogen (secondary N) is 2. The zero-order valence-electron chi connectivity index (χ0n) is 12.9. The van der Waals surface area contributed by atoms with Crippen molar-refractivity contribution < 1.29 is 13.6 Å². The van der Waals surface area contributed by atoms with Crippen molar-refractivity contribution in [3.63, 3.8) is 0 Å². The Balaban J connectivity index is 1.72. The number of amides is 2. The van der Waals surface area contributed by atoms with Crippen molar-refractivity contribution in [2.75, 3.05) is 5.32 Å². The molecule has 2 aromatic carbocycles. The molecule has 0 aliphatic heterocycles. The van der Waals surface area contributed by atoms with E-state index in [-0.39, 0.29) is 12.1 Å². The first-order valence-corrected chi connectivity index (χ1v) is 7.37. The molecule has 0 unspecified atom stereocenters. The molecule has 0 spiro atoms. The molecule has 1 heterocycles. The molecule has 2 N–H and O–H groups in total. The van der Waals surface area contributed by atoms with Crippen LogP contribution in [0.2, 0.25) is 0 Å². The van der Waals surface area contributed by atoms with Crippen LogP contribution in [-0.4, -0.2) is 11.0 Å². The molecule has 3 rings (SSSR count). The van der Waals surface area contributed by atoms with E-state index in [0.29, 0.717) is 5.69 Å². The monoisotopic (exact) mass is 327 g/mol. The van der Waals surface area contributed by atoms with Gasteiger partial charge < -0.3 is 10.6 Å². The molecule has 0 bridgehead atoms. The van der Waals surface area contributed by atoms with Crippen LogP contribution in [0, 0.1) is 18.6 Å². The molecule has 1 aromatic heterocycles. The maximum Gasteiger partial charge on any atom is 0.319 e. The van der Waals surface area contributed by atoms with Crippen LogP contribution in [0.3, 0.4) is 0 Å². The number of rotatable bonds is 3. The van der Waals surface area contributed by atoms with Gasteiger partial charge in [-0.3, -0.25) is 4.98 Å². The summed E-state index contributed by atoms with van der Waals surface area (Å²) in [7, 11) is 0. The third-order valence-corrected chi connectivity index (χ3v) is 3.60. The predicted molar refractivity (Wildman–Crippen MR) is 88.7 cm³/mol. The van der Waals surface area contributed by atoms with Gasteiger partial charge in [0, 0.05) is 40.8 Å². The number of aromatic nitrogens is 1. The number of hydrogen-bond acceptors (Lipinski definition) is 2. The fourth-order valence-electron chi connectivity index (χ4n) is 2.39. The van der Waals surface area contributed by atoms with E-state index >= 15 is 0 Å². The predicted octanol–water partition coefficient (Wildman–Crippen LogP) is 4.14. The highest BCUT2D eigenvalue weighted by atomic mass is 19.1. The first-order valence-electron chi connectivity index (χ1n) is 7.37. The minimum Gasteiger partial charge on any atom is -0.334 e. The Morgan fingerprint density at radius 3 is 2.79 bits per heavy atom. The van der Waals surface area contributed by atoms with Crippen LogP contribution in [0.25, 0.3) is 10.8 Å². The van der Waals surface area contributed by atoms with Crippen molar-refractivity contribution in [2.24, 2.45) is 0 Å². The number of hydrogen-bond donors (Lipinski definition) is 2. The van der Waals surface area contributed by atoms with Gasteiger partial charge in [-0.1, -0.05) is 18.2 Å². The van der Waals surface area contributed by atoms with Crippen LogP contribution in [0.4, 0.5) is 19.3 Å².